The van der Waals surface area contributed by atoms with Gasteiger partial charge in [-0.25, -0.2) is 4.98 Å². The highest BCUT2D eigenvalue weighted by Crippen LogP contribution is 2.15. The minimum atomic E-state index is -0.504. The van der Waals surface area contributed by atoms with Crippen LogP contribution in [0.15, 0.2) is 41.5 Å². The standard InChI is InChI=1S/C13H12N4O3/c1-8(18)16-9-3-2-4-10(5-9)17-13(20)11-6-12(19)15-7-14-11/h2-7H,1H3,(H,16,18)(H,17,20)(H,14,15,19). The molecule has 1 aromatic heterocycles. The molecular weight excluding hydrogens is 260 g/mol. The number of H-pyrrole nitrogens is 1. The zero-order chi connectivity index (χ0) is 14.5. The van der Waals surface area contributed by atoms with Gasteiger partial charge in [0.2, 0.25) is 5.91 Å². The van der Waals surface area contributed by atoms with Crippen molar-refractivity contribution in [1.29, 1.82) is 0 Å². The molecule has 0 radical (unpaired) electrons. The number of amides is 2. The molecule has 0 unspecified atom stereocenters. The summed E-state index contributed by atoms with van der Waals surface area (Å²) in [5, 5.41) is 5.20. The maximum atomic E-state index is 11.9. The summed E-state index contributed by atoms with van der Waals surface area (Å²) in [4.78, 5) is 40.0. The minimum absolute atomic E-state index is 0.0127. The van der Waals surface area contributed by atoms with Crippen molar-refractivity contribution >= 4 is 23.2 Å². The zero-order valence-electron chi connectivity index (χ0n) is 10.6. The minimum Gasteiger partial charge on any atom is -0.326 e. The lowest BCUT2D eigenvalue weighted by Crippen LogP contribution is -2.17. The van der Waals surface area contributed by atoms with E-state index in [0.717, 1.165) is 12.4 Å². The van der Waals surface area contributed by atoms with Gasteiger partial charge >= 0.3 is 0 Å². The molecule has 2 amide bonds. The summed E-state index contributed by atoms with van der Waals surface area (Å²) >= 11 is 0. The molecule has 0 aliphatic carbocycles. The number of rotatable bonds is 3. The van der Waals surface area contributed by atoms with Gasteiger partial charge in [-0.05, 0) is 18.2 Å². The largest absolute Gasteiger partial charge is 0.326 e. The van der Waals surface area contributed by atoms with Gasteiger partial charge in [-0.3, -0.25) is 14.4 Å². The molecule has 0 atom stereocenters. The number of carbonyl (C=O) groups is 2. The summed E-state index contributed by atoms with van der Waals surface area (Å²) in [6.07, 6.45) is 1.16. The van der Waals surface area contributed by atoms with Crippen LogP contribution in [0.25, 0.3) is 0 Å². The van der Waals surface area contributed by atoms with Gasteiger partial charge in [-0.1, -0.05) is 6.07 Å². The number of anilines is 2. The number of aromatic nitrogens is 2. The lowest BCUT2D eigenvalue weighted by molar-refractivity contribution is -0.114. The summed E-state index contributed by atoms with van der Waals surface area (Å²) < 4.78 is 0. The third kappa shape index (κ3) is 3.52. The first-order valence-electron chi connectivity index (χ1n) is 5.78. The van der Waals surface area contributed by atoms with Crippen LogP contribution in [0.5, 0.6) is 0 Å². The van der Waals surface area contributed by atoms with E-state index in [1.54, 1.807) is 24.3 Å². The normalized spacial score (nSPS) is 9.85. The van der Waals surface area contributed by atoms with Crippen molar-refractivity contribution in [3.63, 3.8) is 0 Å². The molecule has 102 valence electrons. The van der Waals surface area contributed by atoms with Crippen LogP contribution in [-0.2, 0) is 4.79 Å². The van der Waals surface area contributed by atoms with Crippen molar-refractivity contribution in [1.82, 2.24) is 9.97 Å². The Labute approximate surface area is 114 Å². The number of nitrogens with one attached hydrogen (secondary N) is 3. The maximum Gasteiger partial charge on any atom is 0.274 e. The van der Waals surface area contributed by atoms with E-state index >= 15 is 0 Å². The van der Waals surface area contributed by atoms with Crippen molar-refractivity contribution < 1.29 is 9.59 Å². The molecule has 0 bridgehead atoms. The fourth-order valence-corrected chi connectivity index (χ4v) is 1.57. The van der Waals surface area contributed by atoms with E-state index in [-0.39, 0.29) is 11.6 Å². The molecule has 0 spiro atoms. The average Bonchev–Trinajstić information content (AvgIpc) is 2.38. The number of hydrogen-bond donors (Lipinski definition) is 3. The molecule has 7 nitrogen and oxygen atoms in total. The SMILES string of the molecule is CC(=O)Nc1cccc(NC(=O)c2cc(=O)[nH]cn2)c1. The third-order valence-electron chi connectivity index (χ3n) is 2.35. The van der Waals surface area contributed by atoms with Crippen LogP contribution in [-0.4, -0.2) is 21.8 Å². The second-order valence-corrected chi connectivity index (χ2v) is 4.01. The maximum absolute atomic E-state index is 11.9. The summed E-state index contributed by atoms with van der Waals surface area (Å²) in [7, 11) is 0. The fourth-order valence-electron chi connectivity index (χ4n) is 1.57. The van der Waals surface area contributed by atoms with Gasteiger partial charge in [0.15, 0.2) is 0 Å². The van der Waals surface area contributed by atoms with Crippen molar-refractivity contribution in [3.8, 4) is 0 Å². The van der Waals surface area contributed by atoms with E-state index in [0.29, 0.717) is 11.4 Å². The Balaban J connectivity index is 2.15. The van der Waals surface area contributed by atoms with E-state index in [1.807, 2.05) is 0 Å². The predicted octanol–water partition coefficient (Wildman–Crippen LogP) is 0.981. The van der Waals surface area contributed by atoms with Crippen LogP contribution in [0.3, 0.4) is 0 Å². The quantitative estimate of drug-likeness (QED) is 0.774. The molecule has 7 heteroatoms. The highest BCUT2D eigenvalue weighted by molar-refractivity contribution is 6.03. The number of aromatic amines is 1. The summed E-state index contributed by atoms with van der Waals surface area (Å²) in [6, 6.07) is 7.75. The van der Waals surface area contributed by atoms with Gasteiger partial charge in [-0.15, -0.1) is 0 Å². The molecule has 0 aliphatic rings. The molecule has 0 saturated carbocycles. The van der Waals surface area contributed by atoms with Gasteiger partial charge < -0.3 is 15.6 Å². The fraction of sp³-hybridized carbons (Fsp3) is 0.0769. The summed E-state index contributed by atoms with van der Waals surface area (Å²) in [5.74, 6) is -0.708. The van der Waals surface area contributed by atoms with Crippen LogP contribution in [0, 0.1) is 0 Å². The Morgan fingerprint density at radius 2 is 1.85 bits per heavy atom. The number of hydrogen-bond acceptors (Lipinski definition) is 4. The van der Waals surface area contributed by atoms with E-state index in [2.05, 4.69) is 20.6 Å². The summed E-state index contributed by atoms with van der Waals surface area (Å²) in [6.45, 7) is 1.39. The number of nitrogens with zero attached hydrogens (tertiary/aromatic N) is 1. The lowest BCUT2D eigenvalue weighted by atomic mass is 10.2. The van der Waals surface area contributed by atoms with Gasteiger partial charge in [0.1, 0.15) is 5.69 Å². The summed E-state index contributed by atoms with van der Waals surface area (Å²) in [5.41, 5.74) is 0.660. The van der Waals surface area contributed by atoms with Crippen LogP contribution < -0.4 is 16.2 Å². The first-order chi connectivity index (χ1) is 9.54. The van der Waals surface area contributed by atoms with Crippen LogP contribution >= 0.6 is 0 Å². The number of benzene rings is 1. The molecule has 20 heavy (non-hydrogen) atoms. The second-order valence-electron chi connectivity index (χ2n) is 4.01. The molecule has 0 fully saturated rings. The van der Waals surface area contributed by atoms with Gasteiger partial charge in [0.25, 0.3) is 11.5 Å². The second kappa shape index (κ2) is 5.79. The first kappa shape index (κ1) is 13.5. The van der Waals surface area contributed by atoms with Crippen molar-refractivity contribution in [2.24, 2.45) is 0 Å². The van der Waals surface area contributed by atoms with E-state index in [1.165, 1.54) is 6.92 Å². The Morgan fingerprint density at radius 3 is 2.50 bits per heavy atom. The van der Waals surface area contributed by atoms with Crippen molar-refractivity contribution in [2.75, 3.05) is 10.6 Å². The Morgan fingerprint density at radius 1 is 1.15 bits per heavy atom. The molecule has 1 aromatic carbocycles. The average molecular weight is 272 g/mol. The Hall–Kier alpha value is -2.96. The van der Waals surface area contributed by atoms with Crippen molar-refractivity contribution in [2.45, 2.75) is 6.92 Å². The van der Waals surface area contributed by atoms with Crippen LogP contribution in [0.4, 0.5) is 11.4 Å². The predicted molar refractivity (Wildman–Crippen MR) is 73.6 cm³/mol. The van der Waals surface area contributed by atoms with Crippen molar-refractivity contribution in [3.05, 3.63) is 52.7 Å². The van der Waals surface area contributed by atoms with Gasteiger partial charge in [-0.2, -0.15) is 0 Å². The molecule has 1 heterocycles. The Bertz CT molecular complexity index is 709. The van der Waals surface area contributed by atoms with E-state index < -0.39 is 11.5 Å². The monoisotopic (exact) mass is 272 g/mol. The molecule has 2 aromatic rings. The number of carbonyl (C=O) groups excluding carboxylic acids is 2. The van der Waals surface area contributed by atoms with E-state index in [9.17, 15) is 14.4 Å². The highest BCUT2D eigenvalue weighted by Gasteiger charge is 2.08. The first-order valence-corrected chi connectivity index (χ1v) is 5.78. The molecule has 0 saturated heterocycles. The Kier molecular flexibility index (Phi) is 3.90. The molecule has 3 N–H and O–H groups in total. The van der Waals surface area contributed by atoms with E-state index in [4.69, 9.17) is 0 Å². The van der Waals surface area contributed by atoms with Gasteiger partial charge in [0, 0.05) is 24.4 Å². The molecule has 0 aliphatic heterocycles. The lowest BCUT2D eigenvalue weighted by Gasteiger charge is -2.07. The van der Waals surface area contributed by atoms with Gasteiger partial charge in [0.05, 0.1) is 6.33 Å². The topological polar surface area (TPSA) is 104 Å². The third-order valence-corrected chi connectivity index (χ3v) is 2.35. The molecule has 2 rings (SSSR count). The van der Waals surface area contributed by atoms with Crippen LogP contribution in [0.2, 0.25) is 0 Å². The highest BCUT2D eigenvalue weighted by atomic mass is 16.2. The smallest absolute Gasteiger partial charge is 0.274 e. The zero-order valence-corrected chi connectivity index (χ0v) is 10.6. The van der Waals surface area contributed by atoms with Crippen LogP contribution in [0.1, 0.15) is 17.4 Å². The molecular formula is C13H12N4O3.